The van der Waals surface area contributed by atoms with Crippen molar-refractivity contribution >= 4 is 38.8 Å². The lowest BCUT2D eigenvalue weighted by atomic mass is 9.95. The van der Waals surface area contributed by atoms with Crippen LogP contribution in [0.25, 0.3) is 10.2 Å². The standard InChI is InChI=1S/C17H18N4OS2/c1-10-20-7-12(23-10)9-21-6-4-11(8-21)14-13-3-2-5-19-17(13)24-15(14)16(18)22/h2-3,5,7,11H,4,6,8-9H2,1H3,(H2,18,22)/t11-/m1/s1. The van der Waals surface area contributed by atoms with Crippen LogP contribution in [0, 0.1) is 6.92 Å². The number of amides is 1. The quantitative estimate of drug-likeness (QED) is 0.778. The molecule has 2 N–H and O–H groups in total. The summed E-state index contributed by atoms with van der Waals surface area (Å²) in [7, 11) is 0. The van der Waals surface area contributed by atoms with Crippen LogP contribution in [0.1, 0.15) is 37.5 Å². The molecule has 0 saturated carbocycles. The van der Waals surface area contributed by atoms with Gasteiger partial charge in [0.05, 0.1) is 9.88 Å². The first kappa shape index (κ1) is 15.7. The largest absolute Gasteiger partial charge is 0.365 e. The highest BCUT2D eigenvalue weighted by Gasteiger charge is 2.30. The molecule has 3 aromatic rings. The summed E-state index contributed by atoms with van der Waals surface area (Å²) >= 11 is 3.16. The van der Waals surface area contributed by atoms with Crippen LogP contribution in [-0.4, -0.2) is 33.9 Å². The minimum atomic E-state index is -0.343. The van der Waals surface area contributed by atoms with Gasteiger partial charge < -0.3 is 5.73 Å². The highest BCUT2D eigenvalue weighted by atomic mass is 32.1. The molecule has 1 saturated heterocycles. The third-order valence-corrected chi connectivity index (χ3v) is 6.50. The minimum Gasteiger partial charge on any atom is -0.365 e. The second kappa shape index (κ2) is 6.23. The molecule has 24 heavy (non-hydrogen) atoms. The van der Waals surface area contributed by atoms with Gasteiger partial charge in [-0.25, -0.2) is 9.97 Å². The van der Waals surface area contributed by atoms with Gasteiger partial charge in [0.1, 0.15) is 4.83 Å². The molecule has 1 atom stereocenters. The number of thiazole rings is 1. The molecule has 4 rings (SSSR count). The van der Waals surface area contributed by atoms with E-state index in [1.54, 1.807) is 17.5 Å². The van der Waals surface area contributed by atoms with Crippen molar-refractivity contribution in [2.75, 3.05) is 13.1 Å². The van der Waals surface area contributed by atoms with Gasteiger partial charge in [-0.15, -0.1) is 22.7 Å². The molecule has 1 fully saturated rings. The molecule has 7 heteroatoms. The number of pyridine rings is 1. The van der Waals surface area contributed by atoms with E-state index >= 15 is 0 Å². The lowest BCUT2D eigenvalue weighted by molar-refractivity contribution is 0.100. The summed E-state index contributed by atoms with van der Waals surface area (Å²) in [6.45, 7) is 4.92. The number of carbonyl (C=O) groups excluding carboxylic acids is 1. The molecule has 124 valence electrons. The van der Waals surface area contributed by atoms with E-state index in [1.807, 2.05) is 19.2 Å². The Hall–Kier alpha value is -1.83. The predicted octanol–water partition coefficient (Wildman–Crippen LogP) is 3.15. The van der Waals surface area contributed by atoms with Crippen LogP contribution in [0.4, 0.5) is 0 Å². The van der Waals surface area contributed by atoms with Crippen LogP contribution in [0.5, 0.6) is 0 Å². The number of nitrogens with two attached hydrogens (primary N) is 1. The Morgan fingerprint density at radius 1 is 1.42 bits per heavy atom. The van der Waals surface area contributed by atoms with Crippen molar-refractivity contribution in [1.29, 1.82) is 0 Å². The summed E-state index contributed by atoms with van der Waals surface area (Å²) < 4.78 is 0. The number of aryl methyl sites for hydroxylation is 1. The van der Waals surface area contributed by atoms with Gasteiger partial charge in [0.15, 0.2) is 0 Å². The summed E-state index contributed by atoms with van der Waals surface area (Å²) in [4.78, 5) is 25.9. The van der Waals surface area contributed by atoms with Gasteiger partial charge in [0.2, 0.25) is 0 Å². The van der Waals surface area contributed by atoms with Crippen molar-refractivity contribution in [3.63, 3.8) is 0 Å². The van der Waals surface area contributed by atoms with Crippen molar-refractivity contribution in [3.05, 3.63) is 44.9 Å². The number of rotatable bonds is 4. The van der Waals surface area contributed by atoms with E-state index in [2.05, 4.69) is 20.9 Å². The Morgan fingerprint density at radius 2 is 2.29 bits per heavy atom. The molecule has 5 nitrogen and oxygen atoms in total. The van der Waals surface area contributed by atoms with Crippen molar-refractivity contribution in [2.45, 2.75) is 25.8 Å². The average Bonchev–Trinajstić information content (AvgIpc) is 3.25. The van der Waals surface area contributed by atoms with Gasteiger partial charge in [0, 0.05) is 41.7 Å². The maximum atomic E-state index is 11.9. The Morgan fingerprint density at radius 3 is 3.04 bits per heavy atom. The maximum absolute atomic E-state index is 11.9. The molecule has 0 aliphatic carbocycles. The van der Waals surface area contributed by atoms with E-state index < -0.39 is 0 Å². The number of primary amides is 1. The third kappa shape index (κ3) is 2.83. The Balaban J connectivity index is 1.61. The minimum absolute atomic E-state index is 0.333. The second-order valence-electron chi connectivity index (χ2n) is 6.13. The first-order chi connectivity index (χ1) is 11.6. The van der Waals surface area contributed by atoms with Gasteiger partial charge in [0.25, 0.3) is 5.91 Å². The number of likely N-dealkylation sites (tertiary alicyclic amines) is 1. The maximum Gasteiger partial charge on any atom is 0.259 e. The van der Waals surface area contributed by atoms with Crippen molar-refractivity contribution < 1.29 is 4.79 Å². The average molecular weight is 358 g/mol. The van der Waals surface area contributed by atoms with E-state index in [-0.39, 0.29) is 5.91 Å². The normalized spacial score (nSPS) is 18.5. The molecule has 1 aliphatic heterocycles. The number of thiophene rings is 1. The van der Waals surface area contributed by atoms with Crippen molar-refractivity contribution in [2.24, 2.45) is 5.73 Å². The van der Waals surface area contributed by atoms with E-state index in [4.69, 9.17) is 5.73 Å². The molecule has 1 aliphatic rings. The van der Waals surface area contributed by atoms with E-state index in [9.17, 15) is 4.79 Å². The zero-order valence-corrected chi connectivity index (χ0v) is 15.0. The van der Waals surface area contributed by atoms with Crippen LogP contribution in [0.15, 0.2) is 24.5 Å². The number of nitrogens with zero attached hydrogens (tertiary/aromatic N) is 3. The first-order valence-corrected chi connectivity index (χ1v) is 9.56. The molecule has 1 amide bonds. The molecule has 0 unspecified atom stereocenters. The van der Waals surface area contributed by atoms with Crippen LogP contribution < -0.4 is 5.73 Å². The molecule has 0 aromatic carbocycles. The fourth-order valence-electron chi connectivity index (χ4n) is 3.45. The molecule has 0 bridgehead atoms. The van der Waals surface area contributed by atoms with Crippen LogP contribution in [0.3, 0.4) is 0 Å². The van der Waals surface area contributed by atoms with Crippen LogP contribution in [-0.2, 0) is 6.54 Å². The summed E-state index contributed by atoms with van der Waals surface area (Å²) in [6.07, 6.45) is 4.77. The van der Waals surface area contributed by atoms with Gasteiger partial charge in [-0.05, 0) is 31.5 Å². The van der Waals surface area contributed by atoms with Gasteiger partial charge >= 0.3 is 0 Å². The summed E-state index contributed by atoms with van der Waals surface area (Å²) in [6, 6.07) is 3.98. The smallest absolute Gasteiger partial charge is 0.259 e. The SMILES string of the molecule is Cc1ncc(CN2CC[C@@H](c3c(C(N)=O)sc4ncccc34)C2)s1. The lowest BCUT2D eigenvalue weighted by Crippen LogP contribution is -2.20. The van der Waals surface area contributed by atoms with Gasteiger partial charge in [-0.2, -0.15) is 0 Å². The molecule has 3 aromatic heterocycles. The highest BCUT2D eigenvalue weighted by molar-refractivity contribution is 7.20. The number of fused-ring (bicyclic) bond motifs is 1. The third-order valence-electron chi connectivity index (χ3n) is 4.46. The molecule has 0 radical (unpaired) electrons. The zero-order valence-electron chi connectivity index (χ0n) is 13.4. The summed E-state index contributed by atoms with van der Waals surface area (Å²) in [5, 5.41) is 2.18. The number of carbonyl (C=O) groups is 1. The first-order valence-electron chi connectivity index (χ1n) is 7.92. The van der Waals surface area contributed by atoms with Crippen LogP contribution in [0.2, 0.25) is 0 Å². The molecular weight excluding hydrogens is 340 g/mol. The number of aromatic nitrogens is 2. The predicted molar refractivity (Wildman–Crippen MR) is 97.6 cm³/mol. The Kier molecular flexibility index (Phi) is 4.07. The van der Waals surface area contributed by atoms with Gasteiger partial charge in [-0.3, -0.25) is 9.69 Å². The topological polar surface area (TPSA) is 72.1 Å². The fourth-order valence-corrected chi connectivity index (χ4v) is 5.37. The summed E-state index contributed by atoms with van der Waals surface area (Å²) in [5.41, 5.74) is 6.73. The van der Waals surface area contributed by atoms with E-state index in [0.29, 0.717) is 10.8 Å². The molecule has 4 heterocycles. The fraction of sp³-hybridized carbons (Fsp3) is 0.353. The molecule has 0 spiro atoms. The van der Waals surface area contributed by atoms with Gasteiger partial charge in [-0.1, -0.05) is 6.07 Å². The zero-order chi connectivity index (χ0) is 16.7. The van der Waals surface area contributed by atoms with Crippen molar-refractivity contribution in [1.82, 2.24) is 14.9 Å². The van der Waals surface area contributed by atoms with Crippen molar-refractivity contribution in [3.8, 4) is 0 Å². The van der Waals surface area contributed by atoms with E-state index in [1.165, 1.54) is 16.2 Å². The highest BCUT2D eigenvalue weighted by Crippen LogP contribution is 2.39. The Bertz CT molecular complexity index is 901. The summed E-state index contributed by atoms with van der Waals surface area (Å²) in [5.74, 6) is -0.0102. The molecular formula is C17H18N4OS2. The Labute approximate surface area is 148 Å². The van der Waals surface area contributed by atoms with E-state index in [0.717, 1.165) is 46.8 Å². The van der Waals surface area contributed by atoms with Crippen LogP contribution >= 0.6 is 22.7 Å². The second-order valence-corrected chi connectivity index (χ2v) is 8.45. The monoisotopic (exact) mass is 358 g/mol. The lowest BCUT2D eigenvalue weighted by Gasteiger charge is -2.15. The number of hydrogen-bond acceptors (Lipinski definition) is 6. The number of hydrogen-bond donors (Lipinski definition) is 1.